The zero-order chi connectivity index (χ0) is 25.8. The molecule has 0 saturated carbocycles. The van der Waals surface area contributed by atoms with Crippen LogP contribution in [0.25, 0.3) is 0 Å². The third-order valence-corrected chi connectivity index (χ3v) is 7.25. The molecule has 8 heteroatoms. The van der Waals surface area contributed by atoms with E-state index in [4.69, 9.17) is 16.3 Å². The molecular weight excluding hydrogens is 488 g/mol. The Balaban J connectivity index is 1.38. The second kappa shape index (κ2) is 11.1. The van der Waals surface area contributed by atoms with E-state index in [0.717, 1.165) is 69.2 Å². The molecule has 2 amide bonds. The van der Waals surface area contributed by atoms with Crippen LogP contribution in [0.15, 0.2) is 66.7 Å². The fourth-order valence-corrected chi connectivity index (χ4v) is 5.25. The largest absolute Gasteiger partial charge is 0.495 e. The number of para-hydroxylation sites is 2. The highest BCUT2D eigenvalue weighted by Crippen LogP contribution is 2.32. The van der Waals surface area contributed by atoms with Crippen LogP contribution in [0.1, 0.15) is 33.6 Å². The minimum atomic E-state index is -0.264. The Morgan fingerprint density at radius 3 is 2.22 bits per heavy atom. The number of anilines is 3. The lowest BCUT2D eigenvalue weighted by molar-refractivity contribution is 0.0793. The van der Waals surface area contributed by atoms with Crippen molar-refractivity contribution in [1.82, 2.24) is 4.90 Å². The van der Waals surface area contributed by atoms with Gasteiger partial charge in [0.05, 0.1) is 18.4 Å². The highest BCUT2D eigenvalue weighted by Gasteiger charge is 2.27. The summed E-state index contributed by atoms with van der Waals surface area (Å²) >= 11 is 6.06. The zero-order valence-electron chi connectivity index (χ0n) is 21.0. The minimum absolute atomic E-state index is 0.0125. The first-order chi connectivity index (χ1) is 18.0. The average Bonchev–Trinajstić information content (AvgIpc) is 3.48. The van der Waals surface area contributed by atoms with E-state index in [1.807, 2.05) is 41.3 Å². The fraction of sp³-hybridized carbons (Fsp3) is 0.310. The molecule has 0 radical (unpaired) electrons. The fourth-order valence-electron chi connectivity index (χ4n) is 5.06. The van der Waals surface area contributed by atoms with Crippen molar-refractivity contribution < 1.29 is 14.3 Å². The lowest BCUT2D eigenvalue weighted by atomic mass is 10.1. The Morgan fingerprint density at radius 2 is 1.51 bits per heavy atom. The molecule has 0 atom stereocenters. The van der Waals surface area contributed by atoms with E-state index in [1.165, 1.54) is 0 Å². The number of carbonyl (C=O) groups is 2. The van der Waals surface area contributed by atoms with E-state index in [2.05, 4.69) is 21.2 Å². The molecule has 3 aromatic carbocycles. The number of rotatable bonds is 6. The summed E-state index contributed by atoms with van der Waals surface area (Å²) < 4.78 is 5.55. The number of amides is 2. The monoisotopic (exact) mass is 518 g/mol. The van der Waals surface area contributed by atoms with Crippen molar-refractivity contribution in [2.24, 2.45) is 0 Å². The first-order valence-corrected chi connectivity index (χ1v) is 13.0. The van der Waals surface area contributed by atoms with Crippen molar-refractivity contribution in [3.05, 3.63) is 82.9 Å². The van der Waals surface area contributed by atoms with Crippen molar-refractivity contribution >= 4 is 40.5 Å². The van der Waals surface area contributed by atoms with Crippen LogP contribution in [0.2, 0.25) is 5.02 Å². The summed E-state index contributed by atoms with van der Waals surface area (Å²) in [6.07, 6.45) is 2.04. The van der Waals surface area contributed by atoms with Gasteiger partial charge in [-0.2, -0.15) is 0 Å². The predicted octanol–water partition coefficient (Wildman–Crippen LogP) is 5.16. The molecule has 3 aromatic rings. The third kappa shape index (κ3) is 5.52. The van der Waals surface area contributed by atoms with Gasteiger partial charge in [-0.1, -0.05) is 29.8 Å². The predicted molar refractivity (Wildman–Crippen MR) is 148 cm³/mol. The summed E-state index contributed by atoms with van der Waals surface area (Å²) in [6, 6.07) is 20.5. The van der Waals surface area contributed by atoms with Crippen LogP contribution in [0.4, 0.5) is 17.1 Å². The summed E-state index contributed by atoms with van der Waals surface area (Å²) in [5, 5.41) is 3.43. The number of nitrogens with zero attached hydrogens (tertiary/aromatic N) is 3. The quantitative estimate of drug-likeness (QED) is 0.488. The summed E-state index contributed by atoms with van der Waals surface area (Å²) in [5.41, 5.74) is 3.66. The molecule has 7 nitrogen and oxygen atoms in total. The van der Waals surface area contributed by atoms with Gasteiger partial charge in [0.25, 0.3) is 11.8 Å². The van der Waals surface area contributed by atoms with Gasteiger partial charge in [0.2, 0.25) is 0 Å². The average molecular weight is 519 g/mol. The number of piperazine rings is 1. The molecule has 0 aromatic heterocycles. The van der Waals surface area contributed by atoms with Crippen LogP contribution in [0, 0.1) is 0 Å². The van der Waals surface area contributed by atoms with Crippen LogP contribution in [-0.2, 0) is 0 Å². The third-order valence-electron chi connectivity index (χ3n) is 7.01. The van der Waals surface area contributed by atoms with Crippen LogP contribution >= 0.6 is 11.6 Å². The molecule has 0 spiro atoms. The van der Waals surface area contributed by atoms with Crippen molar-refractivity contribution in [1.29, 1.82) is 0 Å². The lowest BCUT2D eigenvalue weighted by Gasteiger charge is -2.38. The van der Waals surface area contributed by atoms with Crippen LogP contribution in [-0.4, -0.2) is 63.1 Å². The first kappa shape index (κ1) is 25.0. The second-order valence-electron chi connectivity index (χ2n) is 9.34. The maximum absolute atomic E-state index is 13.6. The van der Waals surface area contributed by atoms with Crippen molar-refractivity contribution in [3.8, 4) is 5.75 Å². The number of hydrogen-bond acceptors (Lipinski definition) is 5. The van der Waals surface area contributed by atoms with Gasteiger partial charge in [-0.05, 0) is 61.4 Å². The number of halogens is 1. The lowest BCUT2D eigenvalue weighted by Crippen LogP contribution is -2.47. The molecular formula is C29H31ClN4O3. The van der Waals surface area contributed by atoms with Crippen LogP contribution in [0.3, 0.4) is 0 Å². The van der Waals surface area contributed by atoms with Gasteiger partial charge in [0.15, 0.2) is 0 Å². The van der Waals surface area contributed by atoms with Gasteiger partial charge in [-0.3, -0.25) is 9.59 Å². The first-order valence-electron chi connectivity index (χ1n) is 12.7. The molecule has 2 heterocycles. The number of nitrogens with one attached hydrogen (secondary N) is 1. The number of carbonyl (C=O) groups excluding carboxylic acids is 2. The summed E-state index contributed by atoms with van der Waals surface area (Å²) in [5.74, 6) is 0.611. The Hall–Kier alpha value is -3.71. The Bertz CT molecular complexity index is 1280. The molecule has 192 valence electrons. The van der Waals surface area contributed by atoms with E-state index in [9.17, 15) is 9.59 Å². The number of benzene rings is 3. The molecule has 0 aliphatic carbocycles. The number of methoxy groups -OCH3 is 1. The Kier molecular flexibility index (Phi) is 7.51. The number of ether oxygens (including phenoxy) is 1. The summed E-state index contributed by atoms with van der Waals surface area (Å²) in [7, 11) is 1.69. The molecule has 2 aliphatic rings. The number of hydrogen-bond donors (Lipinski definition) is 1. The van der Waals surface area contributed by atoms with E-state index in [1.54, 1.807) is 31.4 Å². The van der Waals surface area contributed by atoms with Gasteiger partial charge in [-0.25, -0.2) is 0 Å². The van der Waals surface area contributed by atoms with Crippen LogP contribution < -0.4 is 19.9 Å². The van der Waals surface area contributed by atoms with Crippen molar-refractivity contribution in [2.45, 2.75) is 12.8 Å². The molecule has 2 saturated heterocycles. The maximum Gasteiger partial charge on any atom is 0.256 e. The van der Waals surface area contributed by atoms with E-state index >= 15 is 0 Å². The minimum Gasteiger partial charge on any atom is -0.495 e. The highest BCUT2D eigenvalue weighted by atomic mass is 35.5. The normalized spacial score (nSPS) is 15.6. The molecule has 2 fully saturated rings. The molecule has 0 bridgehead atoms. The molecule has 37 heavy (non-hydrogen) atoms. The highest BCUT2D eigenvalue weighted by molar-refractivity contribution is 6.31. The maximum atomic E-state index is 13.6. The van der Waals surface area contributed by atoms with E-state index in [-0.39, 0.29) is 11.8 Å². The van der Waals surface area contributed by atoms with Gasteiger partial charge in [0.1, 0.15) is 5.75 Å². The number of likely N-dealkylation sites (tertiary alicyclic amines) is 1. The molecule has 0 unspecified atom stereocenters. The molecule has 1 N–H and O–H groups in total. The van der Waals surface area contributed by atoms with Gasteiger partial charge in [0, 0.05) is 61.2 Å². The van der Waals surface area contributed by atoms with Gasteiger partial charge in [-0.15, -0.1) is 0 Å². The van der Waals surface area contributed by atoms with Crippen molar-refractivity contribution in [2.75, 3.05) is 61.5 Å². The van der Waals surface area contributed by atoms with Gasteiger partial charge >= 0.3 is 0 Å². The Labute approximate surface area is 222 Å². The zero-order valence-corrected chi connectivity index (χ0v) is 21.7. The van der Waals surface area contributed by atoms with Crippen molar-refractivity contribution in [3.63, 3.8) is 0 Å². The second-order valence-corrected chi connectivity index (χ2v) is 9.78. The SMILES string of the molecule is COc1ccccc1N1CCN(c2ccc(NC(=O)c3cccc(Cl)c3)cc2C(=O)N2CCCC2)CC1. The van der Waals surface area contributed by atoms with Gasteiger partial charge < -0.3 is 24.8 Å². The Morgan fingerprint density at radius 1 is 0.811 bits per heavy atom. The standard InChI is InChI=1S/C29H31ClN4O3/c1-37-27-10-3-2-9-26(27)33-17-15-32(16-18-33)25-12-11-23(20-24(25)29(36)34-13-4-5-14-34)31-28(35)21-7-6-8-22(30)19-21/h2-3,6-12,19-20H,4-5,13-18H2,1H3,(H,31,35). The summed E-state index contributed by atoms with van der Waals surface area (Å²) in [6.45, 7) is 4.69. The summed E-state index contributed by atoms with van der Waals surface area (Å²) in [4.78, 5) is 32.9. The smallest absolute Gasteiger partial charge is 0.256 e. The van der Waals surface area contributed by atoms with E-state index < -0.39 is 0 Å². The van der Waals surface area contributed by atoms with Crippen LogP contribution in [0.5, 0.6) is 5.75 Å². The van der Waals surface area contributed by atoms with E-state index in [0.29, 0.717) is 21.8 Å². The molecule has 5 rings (SSSR count). The topological polar surface area (TPSA) is 65.1 Å². The molecule has 2 aliphatic heterocycles.